The number of esters is 1. The summed E-state index contributed by atoms with van der Waals surface area (Å²) >= 11 is 0. The van der Waals surface area contributed by atoms with Crippen LogP contribution in [0.2, 0.25) is 0 Å². The molecule has 3 amide bonds. The first-order valence-corrected chi connectivity index (χ1v) is 8.42. The van der Waals surface area contributed by atoms with E-state index < -0.39 is 18.2 Å². The summed E-state index contributed by atoms with van der Waals surface area (Å²) in [6.07, 6.45) is -0.496. The summed E-state index contributed by atoms with van der Waals surface area (Å²) < 4.78 is 4.70. The van der Waals surface area contributed by atoms with Gasteiger partial charge in [0.15, 0.2) is 18.2 Å². The Morgan fingerprint density at radius 3 is 2.56 bits per heavy atom. The van der Waals surface area contributed by atoms with Crippen LogP contribution in [0.1, 0.15) is 6.92 Å². The number of rotatable bonds is 3. The lowest BCUT2D eigenvalue weighted by atomic mass is 10.1. The van der Waals surface area contributed by atoms with E-state index in [9.17, 15) is 14.4 Å². The van der Waals surface area contributed by atoms with Gasteiger partial charge in [-0.25, -0.2) is 9.79 Å². The Hall–Kier alpha value is -2.36. The third-order valence-corrected chi connectivity index (χ3v) is 4.91. The molecule has 0 radical (unpaired) electrons. The van der Waals surface area contributed by atoms with Gasteiger partial charge in [0.1, 0.15) is 0 Å². The maximum atomic E-state index is 12.3. The minimum absolute atomic E-state index is 0.246. The highest BCUT2D eigenvalue weighted by Crippen LogP contribution is 2.25. The number of urea groups is 1. The molecular weight excluding hydrogens is 328 g/mol. The van der Waals surface area contributed by atoms with E-state index in [-0.39, 0.29) is 18.4 Å². The highest BCUT2D eigenvalue weighted by molar-refractivity contribution is 6.03. The molecule has 2 atom stereocenters. The number of amides is 3. The van der Waals surface area contributed by atoms with Crippen LogP contribution in [-0.2, 0) is 14.3 Å². The number of carbonyl (C=O) groups excluding carboxylic acids is 3. The molecule has 10 nitrogen and oxygen atoms in total. The fourth-order valence-electron chi connectivity index (χ4n) is 3.47. The predicted molar refractivity (Wildman–Crippen MR) is 88.7 cm³/mol. The van der Waals surface area contributed by atoms with Gasteiger partial charge in [-0.3, -0.25) is 19.8 Å². The minimum Gasteiger partial charge on any atom is -0.468 e. The molecule has 0 spiro atoms. The van der Waals surface area contributed by atoms with Gasteiger partial charge in [-0.2, -0.15) is 0 Å². The van der Waals surface area contributed by atoms with E-state index in [2.05, 4.69) is 15.2 Å². The normalized spacial score (nSPS) is 27.2. The summed E-state index contributed by atoms with van der Waals surface area (Å²) in [4.78, 5) is 47.8. The number of nitrogens with zero attached hydrogens (tertiary/aromatic N) is 5. The fraction of sp³-hybridized carbons (Fsp3) is 0.733. The number of hydrogen-bond acceptors (Lipinski definition) is 8. The molecule has 0 saturated carbocycles. The van der Waals surface area contributed by atoms with Gasteiger partial charge in [0, 0.05) is 39.8 Å². The van der Waals surface area contributed by atoms with Crippen LogP contribution in [0.15, 0.2) is 4.99 Å². The van der Waals surface area contributed by atoms with Crippen molar-refractivity contribution in [1.29, 1.82) is 0 Å². The van der Waals surface area contributed by atoms with Crippen molar-refractivity contribution in [3.05, 3.63) is 0 Å². The summed E-state index contributed by atoms with van der Waals surface area (Å²) in [5.41, 5.74) is 0. The number of guanidine groups is 1. The van der Waals surface area contributed by atoms with Gasteiger partial charge in [-0.1, -0.05) is 0 Å². The number of fused-ring (bicyclic) bond motifs is 1. The molecule has 0 bridgehead atoms. The van der Waals surface area contributed by atoms with E-state index in [1.807, 2.05) is 16.7 Å². The number of ether oxygens (including phenoxy) is 1. The van der Waals surface area contributed by atoms with Crippen LogP contribution in [0.4, 0.5) is 4.79 Å². The van der Waals surface area contributed by atoms with Gasteiger partial charge >= 0.3 is 12.0 Å². The third kappa shape index (κ3) is 3.13. The molecule has 0 aromatic rings. The quantitative estimate of drug-likeness (QED) is 0.608. The van der Waals surface area contributed by atoms with Crippen molar-refractivity contribution in [3.8, 4) is 0 Å². The van der Waals surface area contributed by atoms with Crippen molar-refractivity contribution in [1.82, 2.24) is 24.9 Å². The molecule has 10 heteroatoms. The van der Waals surface area contributed by atoms with Gasteiger partial charge in [0.25, 0.3) is 5.91 Å². The van der Waals surface area contributed by atoms with Gasteiger partial charge in [-0.15, -0.1) is 0 Å². The van der Waals surface area contributed by atoms with Crippen LogP contribution in [0, 0.1) is 0 Å². The van der Waals surface area contributed by atoms with Gasteiger partial charge in [0.2, 0.25) is 0 Å². The highest BCUT2D eigenvalue weighted by Gasteiger charge is 2.49. The lowest BCUT2D eigenvalue weighted by molar-refractivity contribution is -0.142. The number of likely N-dealkylation sites (N-methyl/N-ethyl adjacent to an activating group) is 2. The SMILES string of the molecule is CCN1C(N2CCN(CC(=O)OC)CC2)=NC2C1C(=O)NC(=O)N2C. The monoisotopic (exact) mass is 352 g/mol. The summed E-state index contributed by atoms with van der Waals surface area (Å²) in [6, 6.07) is -0.911. The molecule has 1 N–H and O–H groups in total. The second-order valence-electron chi connectivity index (χ2n) is 6.32. The number of carbonyl (C=O) groups is 3. The molecular formula is C15H24N6O4. The van der Waals surface area contributed by atoms with Crippen molar-refractivity contribution in [2.75, 3.05) is 53.4 Å². The van der Waals surface area contributed by atoms with Crippen molar-refractivity contribution in [2.45, 2.75) is 19.1 Å². The Kier molecular flexibility index (Phi) is 4.80. The summed E-state index contributed by atoms with van der Waals surface area (Å²) in [7, 11) is 3.03. The van der Waals surface area contributed by atoms with E-state index in [1.54, 1.807) is 7.05 Å². The number of piperazine rings is 1. The van der Waals surface area contributed by atoms with E-state index in [0.717, 1.165) is 5.96 Å². The minimum atomic E-state index is -0.496. The maximum Gasteiger partial charge on any atom is 0.325 e. The zero-order valence-electron chi connectivity index (χ0n) is 14.8. The molecule has 25 heavy (non-hydrogen) atoms. The van der Waals surface area contributed by atoms with Crippen molar-refractivity contribution < 1.29 is 19.1 Å². The maximum absolute atomic E-state index is 12.3. The molecule has 2 saturated heterocycles. The lowest BCUT2D eigenvalue weighted by Gasteiger charge is -2.39. The summed E-state index contributed by atoms with van der Waals surface area (Å²) in [5, 5.41) is 2.38. The van der Waals surface area contributed by atoms with Crippen LogP contribution < -0.4 is 5.32 Å². The fourth-order valence-corrected chi connectivity index (χ4v) is 3.47. The Labute approximate surface area is 146 Å². The molecule has 3 heterocycles. The van der Waals surface area contributed by atoms with Gasteiger partial charge in [-0.05, 0) is 6.92 Å². The molecule has 3 aliphatic rings. The molecule has 2 fully saturated rings. The molecule has 0 aromatic heterocycles. The number of hydrogen-bond donors (Lipinski definition) is 1. The van der Waals surface area contributed by atoms with E-state index in [1.165, 1.54) is 12.0 Å². The largest absolute Gasteiger partial charge is 0.468 e. The molecule has 2 unspecified atom stereocenters. The summed E-state index contributed by atoms with van der Waals surface area (Å²) in [5.74, 6) is 0.189. The van der Waals surface area contributed by atoms with E-state index in [4.69, 9.17) is 4.74 Å². The zero-order chi connectivity index (χ0) is 18.1. The van der Waals surface area contributed by atoms with E-state index >= 15 is 0 Å². The van der Waals surface area contributed by atoms with Crippen LogP contribution in [0.5, 0.6) is 0 Å². The van der Waals surface area contributed by atoms with Crippen molar-refractivity contribution in [2.24, 2.45) is 4.99 Å². The smallest absolute Gasteiger partial charge is 0.325 e. The number of imide groups is 1. The molecule has 138 valence electrons. The highest BCUT2D eigenvalue weighted by atomic mass is 16.5. The average molecular weight is 352 g/mol. The first-order chi connectivity index (χ1) is 12.0. The van der Waals surface area contributed by atoms with Crippen LogP contribution in [0.25, 0.3) is 0 Å². The van der Waals surface area contributed by atoms with Gasteiger partial charge in [0.05, 0.1) is 13.7 Å². The molecule has 0 aromatic carbocycles. The topological polar surface area (TPSA) is 97.8 Å². The first-order valence-electron chi connectivity index (χ1n) is 8.42. The van der Waals surface area contributed by atoms with Crippen LogP contribution >= 0.6 is 0 Å². The Balaban J connectivity index is 1.71. The second-order valence-corrected chi connectivity index (χ2v) is 6.32. The summed E-state index contributed by atoms with van der Waals surface area (Å²) in [6.45, 7) is 5.69. The Bertz CT molecular complexity index is 601. The zero-order valence-corrected chi connectivity index (χ0v) is 14.8. The van der Waals surface area contributed by atoms with Crippen molar-refractivity contribution >= 4 is 23.9 Å². The lowest BCUT2D eigenvalue weighted by Crippen LogP contribution is -2.64. The average Bonchev–Trinajstić information content (AvgIpc) is 3.00. The van der Waals surface area contributed by atoms with Crippen LogP contribution in [0.3, 0.4) is 0 Å². The second kappa shape index (κ2) is 6.87. The van der Waals surface area contributed by atoms with Gasteiger partial charge < -0.3 is 19.4 Å². The molecule has 0 aliphatic carbocycles. The predicted octanol–water partition coefficient (Wildman–Crippen LogP) is -1.66. The van der Waals surface area contributed by atoms with Crippen LogP contribution in [-0.4, -0.2) is 109 Å². The number of nitrogens with one attached hydrogen (secondary N) is 1. The number of aliphatic imine (C=N–C) groups is 1. The third-order valence-electron chi connectivity index (χ3n) is 4.91. The molecule has 3 rings (SSSR count). The standard InChI is InChI=1S/C15H24N6O4/c1-4-21-11-12(18(2)15(24)17-13(11)23)16-14(21)20-7-5-19(6-8-20)9-10(22)25-3/h11-12H,4-9H2,1-3H3,(H,17,23,24). The first kappa shape index (κ1) is 17.5. The Morgan fingerprint density at radius 1 is 1.28 bits per heavy atom. The van der Waals surface area contributed by atoms with Crippen molar-refractivity contribution in [3.63, 3.8) is 0 Å². The Morgan fingerprint density at radius 2 is 1.96 bits per heavy atom. The number of methoxy groups -OCH3 is 1. The van der Waals surface area contributed by atoms with E-state index in [0.29, 0.717) is 32.7 Å². The molecule has 3 aliphatic heterocycles.